The van der Waals surface area contributed by atoms with Crippen molar-refractivity contribution in [2.75, 3.05) is 0 Å². The molecule has 0 radical (unpaired) electrons. The van der Waals surface area contributed by atoms with Crippen molar-refractivity contribution in [1.82, 2.24) is 24.5 Å². The molecule has 0 aliphatic carbocycles. The molecule has 0 bridgehead atoms. The molecule has 1 aromatic carbocycles. The Labute approximate surface area is 116 Å². The van der Waals surface area contributed by atoms with Gasteiger partial charge >= 0.3 is 0 Å². The number of aryl methyl sites for hydroxylation is 4. The molecule has 0 N–H and O–H groups in total. The lowest BCUT2D eigenvalue weighted by atomic mass is 10.0. The molecule has 20 heavy (non-hydrogen) atoms. The van der Waals surface area contributed by atoms with Gasteiger partial charge in [-0.1, -0.05) is 18.2 Å². The van der Waals surface area contributed by atoms with Crippen LogP contribution in [-0.2, 0) is 25.8 Å². The molecule has 1 aliphatic heterocycles. The second-order valence-corrected chi connectivity index (χ2v) is 5.02. The smallest absolute Gasteiger partial charge is 0.139 e. The highest BCUT2D eigenvalue weighted by Gasteiger charge is 2.20. The largest absolute Gasteiger partial charge is 0.283 e. The van der Waals surface area contributed by atoms with Crippen LogP contribution in [-0.4, -0.2) is 24.5 Å². The zero-order chi connectivity index (χ0) is 13.4. The van der Waals surface area contributed by atoms with Crippen LogP contribution in [0.4, 0.5) is 0 Å². The van der Waals surface area contributed by atoms with Crippen LogP contribution in [0, 0.1) is 0 Å². The van der Waals surface area contributed by atoms with Gasteiger partial charge in [-0.3, -0.25) is 9.25 Å². The van der Waals surface area contributed by atoms with E-state index in [1.54, 1.807) is 6.20 Å². The number of para-hydroxylation sites is 1. The van der Waals surface area contributed by atoms with Gasteiger partial charge in [-0.05, 0) is 24.1 Å². The van der Waals surface area contributed by atoms with Crippen LogP contribution in [0.15, 0.2) is 42.7 Å². The van der Waals surface area contributed by atoms with Crippen molar-refractivity contribution < 1.29 is 0 Å². The van der Waals surface area contributed by atoms with Crippen molar-refractivity contribution in [1.29, 1.82) is 0 Å². The van der Waals surface area contributed by atoms with Gasteiger partial charge in [0.05, 0.1) is 5.69 Å². The highest BCUT2D eigenvalue weighted by Crippen LogP contribution is 2.25. The van der Waals surface area contributed by atoms with Crippen LogP contribution in [0.3, 0.4) is 0 Å². The van der Waals surface area contributed by atoms with Crippen molar-refractivity contribution in [2.45, 2.75) is 25.8 Å². The zero-order valence-corrected chi connectivity index (χ0v) is 11.1. The third kappa shape index (κ3) is 1.82. The molecule has 0 saturated carbocycles. The van der Waals surface area contributed by atoms with Crippen molar-refractivity contribution in [3.8, 4) is 5.69 Å². The van der Waals surface area contributed by atoms with Crippen LogP contribution in [0.25, 0.3) is 5.69 Å². The molecule has 5 nitrogen and oxygen atoms in total. The Bertz CT molecular complexity index is 727. The molecule has 1 aliphatic rings. The third-order valence-electron chi connectivity index (χ3n) is 3.77. The summed E-state index contributed by atoms with van der Waals surface area (Å²) in [7, 11) is 0. The lowest BCUT2D eigenvalue weighted by molar-refractivity contribution is 0.592. The third-order valence-corrected chi connectivity index (χ3v) is 3.77. The summed E-state index contributed by atoms with van der Waals surface area (Å²) in [5.41, 5.74) is 2.61. The monoisotopic (exact) mass is 265 g/mol. The fraction of sp³-hybridized carbons (Fsp3) is 0.267. The Kier molecular flexibility index (Phi) is 2.62. The minimum Gasteiger partial charge on any atom is -0.283 e. The maximum absolute atomic E-state index is 4.37. The van der Waals surface area contributed by atoms with Crippen LogP contribution >= 0.6 is 0 Å². The van der Waals surface area contributed by atoms with Gasteiger partial charge in [0.25, 0.3) is 0 Å². The first-order chi connectivity index (χ1) is 9.92. The average Bonchev–Trinajstić information content (AvgIpc) is 3.14. The summed E-state index contributed by atoms with van der Waals surface area (Å²) >= 11 is 0. The number of nitrogens with zero attached hydrogens (tertiary/aromatic N) is 5. The lowest BCUT2D eigenvalue weighted by Gasteiger charge is -2.19. The summed E-state index contributed by atoms with van der Waals surface area (Å²) in [5, 5.41) is 12.9. The van der Waals surface area contributed by atoms with E-state index in [-0.39, 0.29) is 0 Å². The number of hydrogen-bond acceptors (Lipinski definition) is 3. The van der Waals surface area contributed by atoms with E-state index in [0.717, 1.165) is 37.5 Å². The normalized spacial score (nSPS) is 13.0. The highest BCUT2D eigenvalue weighted by molar-refractivity contribution is 5.45. The van der Waals surface area contributed by atoms with Crippen LogP contribution in [0.5, 0.6) is 0 Å². The molecule has 0 spiro atoms. The summed E-state index contributed by atoms with van der Waals surface area (Å²) in [4.78, 5) is 0. The second-order valence-electron chi connectivity index (χ2n) is 5.02. The molecule has 0 unspecified atom stereocenters. The Morgan fingerprint density at radius 2 is 2.00 bits per heavy atom. The van der Waals surface area contributed by atoms with E-state index in [1.165, 1.54) is 11.3 Å². The maximum Gasteiger partial charge on any atom is 0.139 e. The molecule has 0 saturated heterocycles. The van der Waals surface area contributed by atoms with Crippen LogP contribution < -0.4 is 0 Å². The van der Waals surface area contributed by atoms with Crippen LogP contribution in [0.1, 0.15) is 17.2 Å². The van der Waals surface area contributed by atoms with Crippen LogP contribution in [0.2, 0.25) is 0 Å². The molecular weight excluding hydrogens is 250 g/mol. The molecule has 100 valence electrons. The zero-order valence-electron chi connectivity index (χ0n) is 11.1. The van der Waals surface area contributed by atoms with Gasteiger partial charge in [-0.15, -0.1) is 10.2 Å². The maximum atomic E-state index is 4.37. The Morgan fingerprint density at radius 3 is 2.90 bits per heavy atom. The summed E-state index contributed by atoms with van der Waals surface area (Å²) < 4.78 is 4.14. The van der Waals surface area contributed by atoms with Gasteiger partial charge in [-0.25, -0.2) is 0 Å². The molecular formula is C15H15N5. The topological polar surface area (TPSA) is 48.5 Å². The number of fused-ring (bicyclic) bond motifs is 3. The Morgan fingerprint density at radius 1 is 1.05 bits per heavy atom. The van der Waals surface area contributed by atoms with E-state index in [1.807, 2.05) is 16.9 Å². The molecule has 0 amide bonds. The van der Waals surface area contributed by atoms with Gasteiger partial charge < -0.3 is 0 Å². The fourth-order valence-electron chi connectivity index (χ4n) is 2.79. The Hall–Kier alpha value is -2.43. The second kappa shape index (κ2) is 4.59. The molecule has 5 heteroatoms. The minimum atomic E-state index is 0.827. The summed E-state index contributed by atoms with van der Waals surface area (Å²) in [6, 6.07) is 10.5. The minimum absolute atomic E-state index is 0.827. The molecule has 2 aromatic heterocycles. The van der Waals surface area contributed by atoms with Gasteiger partial charge in [-0.2, -0.15) is 5.10 Å². The predicted molar refractivity (Wildman–Crippen MR) is 74.7 cm³/mol. The average molecular weight is 265 g/mol. The van der Waals surface area contributed by atoms with Gasteiger partial charge in [0.2, 0.25) is 0 Å². The summed E-state index contributed by atoms with van der Waals surface area (Å²) in [5.74, 6) is 2.09. The first kappa shape index (κ1) is 11.4. The SMILES string of the molecule is c1ccc2c(c1)CCc1nnc(CCn3cccn3)n1-2. The molecule has 0 fully saturated rings. The van der Waals surface area contributed by atoms with Crippen molar-refractivity contribution in [3.63, 3.8) is 0 Å². The molecule has 0 atom stereocenters. The molecule has 3 heterocycles. The van der Waals surface area contributed by atoms with E-state index >= 15 is 0 Å². The summed E-state index contributed by atoms with van der Waals surface area (Å²) in [6.07, 6.45) is 6.62. The Balaban J connectivity index is 1.69. The van der Waals surface area contributed by atoms with E-state index in [9.17, 15) is 0 Å². The predicted octanol–water partition coefficient (Wildman–Crippen LogP) is 1.81. The van der Waals surface area contributed by atoms with Gasteiger partial charge in [0.15, 0.2) is 0 Å². The summed E-state index contributed by atoms with van der Waals surface area (Å²) in [6.45, 7) is 0.827. The standard InChI is InChI=1S/C15H15N5/c1-2-5-13-12(4-1)6-7-14-17-18-15(20(13)14)8-11-19-10-3-9-16-19/h1-5,9-10H,6-8,11H2. The van der Waals surface area contributed by atoms with Crippen molar-refractivity contribution >= 4 is 0 Å². The quantitative estimate of drug-likeness (QED) is 0.725. The first-order valence-corrected chi connectivity index (χ1v) is 6.91. The van der Waals surface area contributed by atoms with Crippen molar-refractivity contribution in [2.24, 2.45) is 0 Å². The van der Waals surface area contributed by atoms with Gasteiger partial charge in [0.1, 0.15) is 11.6 Å². The number of hydrogen-bond donors (Lipinski definition) is 0. The van der Waals surface area contributed by atoms with E-state index in [4.69, 9.17) is 0 Å². The number of aromatic nitrogens is 5. The highest BCUT2D eigenvalue weighted by atomic mass is 15.3. The van der Waals surface area contributed by atoms with E-state index in [2.05, 4.69) is 44.1 Å². The van der Waals surface area contributed by atoms with Gasteiger partial charge in [0, 0.05) is 31.8 Å². The van der Waals surface area contributed by atoms with E-state index < -0.39 is 0 Å². The van der Waals surface area contributed by atoms with Crippen molar-refractivity contribution in [3.05, 3.63) is 59.9 Å². The number of benzene rings is 1. The lowest BCUT2D eigenvalue weighted by Crippen LogP contribution is -2.15. The number of rotatable bonds is 3. The molecule has 3 aromatic rings. The first-order valence-electron chi connectivity index (χ1n) is 6.91. The molecule has 4 rings (SSSR count). The fourth-order valence-corrected chi connectivity index (χ4v) is 2.79. The van der Waals surface area contributed by atoms with E-state index in [0.29, 0.717) is 0 Å².